The van der Waals surface area contributed by atoms with E-state index in [0.29, 0.717) is 11.1 Å². The van der Waals surface area contributed by atoms with E-state index in [1.54, 1.807) is 0 Å². The maximum Gasteiger partial charge on any atom is 0.140 e. The van der Waals surface area contributed by atoms with E-state index in [0.717, 1.165) is 77.2 Å². The molecular weight excluding hydrogens is 530 g/mol. The molecule has 5 aromatic carbocycles. The van der Waals surface area contributed by atoms with Crippen molar-refractivity contribution >= 4 is 65.6 Å². The number of aromatic nitrogens is 3. The molecule has 0 radical (unpaired) electrons. The minimum Gasteiger partial charge on any atom is -0.456 e. The van der Waals surface area contributed by atoms with Gasteiger partial charge in [-0.05, 0) is 66.7 Å². The lowest BCUT2D eigenvalue weighted by Gasteiger charge is -2.11. The van der Waals surface area contributed by atoms with Crippen LogP contribution in [-0.4, -0.2) is 14.1 Å². The standard InChI is InChI=1S/C37H19N5O/c38-20-22-12-14-31-26(16-22)24-6-1-3-8-30(24)41(31)36-10-5-11-37(40-36)42-32-15-13-23(21-39)17-27(32)28-18-29-25-7-2-4-9-34(25)43-35(29)19-33(28)42/h1-19H. The Morgan fingerprint density at radius 2 is 1.05 bits per heavy atom. The molecule has 0 atom stereocenters. The van der Waals surface area contributed by atoms with Crippen molar-refractivity contribution in [3.8, 4) is 23.8 Å². The molecule has 4 heterocycles. The maximum atomic E-state index is 9.72. The van der Waals surface area contributed by atoms with E-state index in [9.17, 15) is 10.5 Å². The molecule has 43 heavy (non-hydrogen) atoms. The normalized spacial score (nSPS) is 11.7. The molecule has 0 spiro atoms. The van der Waals surface area contributed by atoms with Gasteiger partial charge in [0.05, 0.1) is 45.3 Å². The van der Waals surface area contributed by atoms with Gasteiger partial charge in [-0.3, -0.25) is 9.13 Å². The third-order valence-corrected chi connectivity index (χ3v) is 8.37. The smallest absolute Gasteiger partial charge is 0.140 e. The van der Waals surface area contributed by atoms with E-state index in [2.05, 4.69) is 51.6 Å². The number of pyridine rings is 1. The van der Waals surface area contributed by atoms with Gasteiger partial charge in [-0.1, -0.05) is 42.5 Å². The van der Waals surface area contributed by atoms with Crippen molar-refractivity contribution in [1.82, 2.24) is 14.1 Å². The Morgan fingerprint density at radius 3 is 1.77 bits per heavy atom. The van der Waals surface area contributed by atoms with Gasteiger partial charge in [-0.2, -0.15) is 10.5 Å². The molecule has 0 bridgehead atoms. The molecule has 0 aliphatic heterocycles. The molecule has 198 valence electrons. The molecule has 0 amide bonds. The van der Waals surface area contributed by atoms with Crippen LogP contribution in [-0.2, 0) is 0 Å². The van der Waals surface area contributed by atoms with Crippen LogP contribution in [0.15, 0.2) is 120 Å². The van der Waals surface area contributed by atoms with Crippen molar-refractivity contribution in [2.24, 2.45) is 0 Å². The van der Waals surface area contributed by atoms with E-state index in [1.165, 1.54) is 0 Å². The fourth-order valence-electron chi connectivity index (χ4n) is 6.50. The summed E-state index contributed by atoms with van der Waals surface area (Å²) in [5, 5.41) is 25.4. The van der Waals surface area contributed by atoms with Crippen LogP contribution in [0.4, 0.5) is 0 Å². The first kappa shape index (κ1) is 23.3. The molecule has 4 aromatic heterocycles. The van der Waals surface area contributed by atoms with Crippen molar-refractivity contribution in [3.63, 3.8) is 0 Å². The van der Waals surface area contributed by atoms with Crippen molar-refractivity contribution in [1.29, 1.82) is 10.5 Å². The predicted molar refractivity (Wildman–Crippen MR) is 170 cm³/mol. The number of para-hydroxylation sites is 2. The molecule has 6 nitrogen and oxygen atoms in total. The number of hydrogen-bond donors (Lipinski definition) is 0. The largest absolute Gasteiger partial charge is 0.456 e. The number of hydrogen-bond acceptors (Lipinski definition) is 4. The fourth-order valence-corrected chi connectivity index (χ4v) is 6.50. The maximum absolute atomic E-state index is 9.72. The van der Waals surface area contributed by atoms with Crippen molar-refractivity contribution < 1.29 is 4.42 Å². The van der Waals surface area contributed by atoms with Gasteiger partial charge in [0.25, 0.3) is 0 Å². The van der Waals surface area contributed by atoms with Gasteiger partial charge in [0.2, 0.25) is 0 Å². The molecule has 0 aliphatic rings. The van der Waals surface area contributed by atoms with Gasteiger partial charge in [0, 0.05) is 38.4 Å². The van der Waals surface area contributed by atoms with Crippen LogP contribution in [0.5, 0.6) is 0 Å². The summed E-state index contributed by atoms with van der Waals surface area (Å²) in [5.41, 5.74) is 6.76. The first-order valence-corrected chi connectivity index (χ1v) is 13.9. The van der Waals surface area contributed by atoms with Gasteiger partial charge in [-0.15, -0.1) is 0 Å². The summed E-state index contributed by atoms with van der Waals surface area (Å²) in [6.45, 7) is 0. The van der Waals surface area contributed by atoms with Gasteiger partial charge in [-0.25, -0.2) is 4.98 Å². The van der Waals surface area contributed by atoms with E-state index < -0.39 is 0 Å². The molecule has 0 saturated carbocycles. The minimum atomic E-state index is 0.604. The summed E-state index contributed by atoms with van der Waals surface area (Å²) in [5.74, 6) is 1.51. The molecule has 0 fully saturated rings. The van der Waals surface area contributed by atoms with Crippen LogP contribution in [0.2, 0.25) is 0 Å². The van der Waals surface area contributed by atoms with Crippen LogP contribution in [0.25, 0.3) is 77.2 Å². The fraction of sp³-hybridized carbons (Fsp3) is 0. The molecule has 0 unspecified atom stereocenters. The summed E-state index contributed by atoms with van der Waals surface area (Å²) in [4.78, 5) is 5.23. The Hall–Kier alpha value is -6.37. The summed E-state index contributed by atoms with van der Waals surface area (Å²) in [7, 11) is 0. The monoisotopic (exact) mass is 549 g/mol. The summed E-state index contributed by atoms with van der Waals surface area (Å²) < 4.78 is 10.6. The van der Waals surface area contributed by atoms with Gasteiger partial charge < -0.3 is 4.42 Å². The average Bonchev–Trinajstić information content (AvgIpc) is 3.70. The van der Waals surface area contributed by atoms with Crippen LogP contribution in [0, 0.1) is 22.7 Å². The van der Waals surface area contributed by atoms with Crippen LogP contribution >= 0.6 is 0 Å². The lowest BCUT2D eigenvalue weighted by Crippen LogP contribution is -2.03. The Kier molecular flexibility index (Phi) is 4.65. The first-order valence-electron chi connectivity index (χ1n) is 13.9. The van der Waals surface area contributed by atoms with Crippen molar-refractivity contribution in [3.05, 3.63) is 126 Å². The van der Waals surface area contributed by atoms with E-state index >= 15 is 0 Å². The second kappa shape index (κ2) is 8.57. The summed E-state index contributed by atoms with van der Waals surface area (Å²) in [6.07, 6.45) is 0. The lowest BCUT2D eigenvalue weighted by atomic mass is 10.1. The SMILES string of the molecule is N#Cc1ccc2c(c1)c1ccccc1n2-c1cccc(-n2c3ccc(C#N)cc3c3cc4c(cc32)oc2ccccc24)n1. The van der Waals surface area contributed by atoms with Crippen molar-refractivity contribution in [2.75, 3.05) is 0 Å². The van der Waals surface area contributed by atoms with Crippen LogP contribution < -0.4 is 0 Å². The highest BCUT2D eigenvalue weighted by molar-refractivity contribution is 6.17. The highest BCUT2D eigenvalue weighted by atomic mass is 16.3. The number of benzene rings is 5. The second-order valence-corrected chi connectivity index (χ2v) is 10.7. The second-order valence-electron chi connectivity index (χ2n) is 10.7. The summed E-state index contributed by atoms with van der Waals surface area (Å²) >= 11 is 0. The van der Waals surface area contributed by atoms with E-state index in [1.807, 2.05) is 84.9 Å². The number of nitriles is 2. The van der Waals surface area contributed by atoms with Crippen LogP contribution in [0.1, 0.15) is 11.1 Å². The molecular formula is C37H19N5O. The van der Waals surface area contributed by atoms with E-state index in [4.69, 9.17) is 9.40 Å². The number of furan rings is 1. The quantitative estimate of drug-likeness (QED) is 0.215. The van der Waals surface area contributed by atoms with Gasteiger partial charge in [0.1, 0.15) is 22.8 Å². The highest BCUT2D eigenvalue weighted by Gasteiger charge is 2.19. The average molecular weight is 550 g/mol. The summed E-state index contributed by atoms with van der Waals surface area (Å²) in [6, 6.07) is 42.7. The zero-order valence-corrected chi connectivity index (χ0v) is 22.6. The predicted octanol–water partition coefficient (Wildman–Crippen LogP) is 8.92. The molecule has 0 N–H and O–H groups in total. The van der Waals surface area contributed by atoms with Crippen LogP contribution in [0.3, 0.4) is 0 Å². The number of rotatable bonds is 2. The first-order chi connectivity index (χ1) is 21.2. The highest BCUT2D eigenvalue weighted by Crippen LogP contribution is 2.39. The zero-order chi connectivity index (χ0) is 28.7. The third-order valence-electron chi connectivity index (χ3n) is 8.37. The Morgan fingerprint density at radius 1 is 0.465 bits per heavy atom. The van der Waals surface area contributed by atoms with Gasteiger partial charge >= 0.3 is 0 Å². The minimum absolute atomic E-state index is 0.604. The topological polar surface area (TPSA) is 83.5 Å². The molecule has 9 rings (SSSR count). The third kappa shape index (κ3) is 3.23. The lowest BCUT2D eigenvalue weighted by molar-refractivity contribution is 0.669. The molecule has 0 saturated heterocycles. The van der Waals surface area contributed by atoms with Gasteiger partial charge in [0.15, 0.2) is 0 Å². The molecule has 0 aliphatic carbocycles. The Balaban J connectivity index is 1.36. The molecule has 6 heteroatoms. The molecule has 9 aromatic rings. The Bertz CT molecular complexity index is 2710. The van der Waals surface area contributed by atoms with Crippen molar-refractivity contribution in [2.45, 2.75) is 0 Å². The van der Waals surface area contributed by atoms with E-state index in [-0.39, 0.29) is 0 Å². The zero-order valence-electron chi connectivity index (χ0n) is 22.6. The number of fused-ring (bicyclic) bond motifs is 9. The number of nitrogens with zero attached hydrogens (tertiary/aromatic N) is 5. The Labute approximate surface area is 244 Å².